The lowest BCUT2D eigenvalue weighted by Crippen LogP contribution is -2.50. The molecule has 2 aliphatic heterocycles. The van der Waals surface area contributed by atoms with Gasteiger partial charge in [0.15, 0.2) is 0 Å². The molecule has 2 heterocycles. The van der Waals surface area contributed by atoms with Crippen molar-refractivity contribution >= 4 is 23.2 Å². The summed E-state index contributed by atoms with van der Waals surface area (Å²) in [4.78, 5) is 30.2. The molecule has 1 atom stereocenters. The van der Waals surface area contributed by atoms with Crippen LogP contribution in [0.2, 0.25) is 0 Å². The quantitative estimate of drug-likeness (QED) is 0.816. The van der Waals surface area contributed by atoms with E-state index in [1.54, 1.807) is 4.90 Å². The van der Waals surface area contributed by atoms with Crippen molar-refractivity contribution in [3.05, 3.63) is 60.2 Å². The lowest BCUT2D eigenvalue weighted by atomic mass is 10.1. The molecule has 0 radical (unpaired) electrons. The Bertz CT molecular complexity index is 862. The van der Waals surface area contributed by atoms with Crippen LogP contribution < -0.4 is 9.80 Å². The van der Waals surface area contributed by atoms with Gasteiger partial charge in [-0.3, -0.25) is 9.59 Å². The number of benzene rings is 2. The smallest absolute Gasteiger partial charge is 0.228 e. The number of para-hydroxylation sites is 2. The number of hydrogen-bond donors (Lipinski definition) is 0. The van der Waals surface area contributed by atoms with Crippen molar-refractivity contribution in [1.29, 1.82) is 0 Å². The topological polar surface area (TPSA) is 43.9 Å². The molecule has 2 aromatic rings. The van der Waals surface area contributed by atoms with Gasteiger partial charge in [-0.1, -0.05) is 24.3 Å². The van der Waals surface area contributed by atoms with Crippen LogP contribution in [0.4, 0.5) is 20.2 Å². The van der Waals surface area contributed by atoms with Gasteiger partial charge in [0, 0.05) is 44.8 Å². The second kappa shape index (κ2) is 7.58. The van der Waals surface area contributed by atoms with Gasteiger partial charge in [-0.2, -0.15) is 0 Å². The number of rotatable bonds is 3. The molecule has 0 N–H and O–H groups in total. The molecule has 4 rings (SSSR count). The third-order valence-electron chi connectivity index (χ3n) is 5.39. The van der Waals surface area contributed by atoms with Crippen LogP contribution >= 0.6 is 0 Å². The Labute approximate surface area is 162 Å². The van der Waals surface area contributed by atoms with Crippen LogP contribution in [-0.4, -0.2) is 49.4 Å². The van der Waals surface area contributed by atoms with Gasteiger partial charge in [-0.05, 0) is 24.3 Å². The minimum absolute atomic E-state index is 0.00835. The maximum Gasteiger partial charge on any atom is 0.228 e. The fourth-order valence-electron chi connectivity index (χ4n) is 3.92. The molecule has 28 heavy (non-hydrogen) atoms. The lowest BCUT2D eigenvalue weighted by molar-refractivity contribution is -0.136. The summed E-state index contributed by atoms with van der Waals surface area (Å²) < 4.78 is 28.1. The van der Waals surface area contributed by atoms with E-state index < -0.39 is 23.5 Å². The van der Waals surface area contributed by atoms with Crippen molar-refractivity contribution in [2.75, 3.05) is 42.5 Å². The molecule has 2 fully saturated rings. The average Bonchev–Trinajstić information content (AvgIpc) is 3.09. The second-order valence-electron chi connectivity index (χ2n) is 7.12. The second-order valence-corrected chi connectivity index (χ2v) is 7.12. The van der Waals surface area contributed by atoms with Crippen LogP contribution in [0.15, 0.2) is 48.5 Å². The molecule has 2 aliphatic rings. The monoisotopic (exact) mass is 385 g/mol. The fraction of sp³-hybridized carbons (Fsp3) is 0.333. The van der Waals surface area contributed by atoms with Crippen molar-refractivity contribution in [3.63, 3.8) is 0 Å². The van der Waals surface area contributed by atoms with Gasteiger partial charge >= 0.3 is 0 Å². The minimum atomic E-state index is -0.794. The summed E-state index contributed by atoms with van der Waals surface area (Å²) in [5.74, 6) is -2.71. The third-order valence-corrected chi connectivity index (χ3v) is 5.39. The van der Waals surface area contributed by atoms with Crippen molar-refractivity contribution in [3.8, 4) is 0 Å². The standard InChI is InChI=1S/C21H21F2N3O2/c22-17-7-4-8-18(23)20(17)26-14-15(13-19(26)27)21(28)25-11-9-24(10-12-25)16-5-2-1-3-6-16/h1-8,15H,9-14H2. The molecule has 0 spiro atoms. The Morgan fingerprint density at radius 2 is 1.54 bits per heavy atom. The molecule has 2 amide bonds. The number of amides is 2. The van der Waals surface area contributed by atoms with Gasteiger partial charge < -0.3 is 14.7 Å². The number of hydrogen-bond acceptors (Lipinski definition) is 3. The van der Waals surface area contributed by atoms with E-state index in [9.17, 15) is 18.4 Å². The van der Waals surface area contributed by atoms with Crippen LogP contribution in [0.25, 0.3) is 0 Å². The number of anilines is 2. The lowest BCUT2D eigenvalue weighted by Gasteiger charge is -2.37. The minimum Gasteiger partial charge on any atom is -0.368 e. The number of carbonyl (C=O) groups is 2. The Kier molecular flexibility index (Phi) is 4.98. The summed E-state index contributed by atoms with van der Waals surface area (Å²) in [6.07, 6.45) is -0.0223. The average molecular weight is 385 g/mol. The predicted octanol–water partition coefficient (Wildman–Crippen LogP) is 2.67. The molecule has 5 nitrogen and oxygen atoms in total. The van der Waals surface area contributed by atoms with Crippen LogP contribution in [0, 0.1) is 17.6 Å². The van der Waals surface area contributed by atoms with E-state index in [0.717, 1.165) is 22.7 Å². The van der Waals surface area contributed by atoms with E-state index in [-0.39, 0.29) is 24.6 Å². The van der Waals surface area contributed by atoms with Crippen LogP contribution in [-0.2, 0) is 9.59 Å². The Hall–Kier alpha value is -2.96. The molecule has 146 valence electrons. The van der Waals surface area contributed by atoms with E-state index >= 15 is 0 Å². The Morgan fingerprint density at radius 1 is 0.893 bits per heavy atom. The molecule has 2 aromatic carbocycles. The summed E-state index contributed by atoms with van der Waals surface area (Å²) in [6, 6.07) is 13.5. The highest BCUT2D eigenvalue weighted by atomic mass is 19.1. The Balaban J connectivity index is 1.41. The number of carbonyl (C=O) groups excluding carboxylic acids is 2. The maximum atomic E-state index is 14.0. The van der Waals surface area contributed by atoms with Gasteiger partial charge in [0.05, 0.1) is 5.92 Å². The van der Waals surface area contributed by atoms with Crippen LogP contribution in [0.1, 0.15) is 6.42 Å². The molecule has 0 saturated carbocycles. The van der Waals surface area contributed by atoms with Crippen LogP contribution in [0.5, 0.6) is 0 Å². The number of nitrogens with zero attached hydrogens (tertiary/aromatic N) is 3. The molecule has 0 bridgehead atoms. The molecule has 2 saturated heterocycles. The summed E-state index contributed by atoms with van der Waals surface area (Å²) in [6.45, 7) is 2.55. The predicted molar refractivity (Wildman–Crippen MR) is 102 cm³/mol. The number of halogens is 2. The Morgan fingerprint density at radius 3 is 2.18 bits per heavy atom. The zero-order chi connectivity index (χ0) is 19.7. The number of piperazine rings is 1. The van der Waals surface area contributed by atoms with E-state index in [2.05, 4.69) is 4.90 Å². The van der Waals surface area contributed by atoms with Crippen molar-refractivity contribution in [2.45, 2.75) is 6.42 Å². The third kappa shape index (κ3) is 3.44. The maximum absolute atomic E-state index is 14.0. The van der Waals surface area contributed by atoms with Gasteiger partial charge in [0.1, 0.15) is 17.3 Å². The molecule has 7 heteroatoms. The zero-order valence-corrected chi connectivity index (χ0v) is 15.4. The van der Waals surface area contributed by atoms with Gasteiger partial charge in [-0.25, -0.2) is 8.78 Å². The first kappa shape index (κ1) is 18.4. The molecular formula is C21H21F2N3O2. The van der Waals surface area contributed by atoms with E-state index in [0.29, 0.717) is 26.2 Å². The van der Waals surface area contributed by atoms with Gasteiger partial charge in [0.25, 0.3) is 0 Å². The SMILES string of the molecule is O=C(C1CC(=O)N(c2c(F)cccc2F)C1)N1CCN(c2ccccc2)CC1. The summed E-state index contributed by atoms with van der Waals surface area (Å²) >= 11 is 0. The van der Waals surface area contributed by atoms with Crippen molar-refractivity contribution < 1.29 is 18.4 Å². The van der Waals surface area contributed by atoms with Crippen molar-refractivity contribution in [2.24, 2.45) is 5.92 Å². The molecule has 1 unspecified atom stereocenters. The highest BCUT2D eigenvalue weighted by molar-refractivity contribution is 6.00. The fourth-order valence-corrected chi connectivity index (χ4v) is 3.92. The van der Waals surface area contributed by atoms with Crippen LogP contribution in [0.3, 0.4) is 0 Å². The van der Waals surface area contributed by atoms with Gasteiger partial charge in [0.2, 0.25) is 11.8 Å². The zero-order valence-electron chi connectivity index (χ0n) is 15.4. The molecule has 0 aromatic heterocycles. The first-order valence-corrected chi connectivity index (χ1v) is 9.38. The molecule has 0 aliphatic carbocycles. The first-order valence-electron chi connectivity index (χ1n) is 9.38. The normalized spacial score (nSPS) is 20.0. The summed E-state index contributed by atoms with van der Waals surface area (Å²) in [7, 11) is 0. The highest BCUT2D eigenvalue weighted by Crippen LogP contribution is 2.31. The van der Waals surface area contributed by atoms with E-state index in [1.807, 2.05) is 30.3 Å². The summed E-state index contributed by atoms with van der Waals surface area (Å²) in [5.41, 5.74) is 0.753. The van der Waals surface area contributed by atoms with E-state index in [1.165, 1.54) is 6.07 Å². The summed E-state index contributed by atoms with van der Waals surface area (Å²) in [5, 5.41) is 0. The van der Waals surface area contributed by atoms with E-state index in [4.69, 9.17) is 0 Å². The van der Waals surface area contributed by atoms with Crippen molar-refractivity contribution in [1.82, 2.24) is 4.90 Å². The molecular weight excluding hydrogens is 364 g/mol. The highest BCUT2D eigenvalue weighted by Gasteiger charge is 2.39. The van der Waals surface area contributed by atoms with Gasteiger partial charge in [-0.15, -0.1) is 0 Å². The first-order chi connectivity index (χ1) is 13.5. The largest absolute Gasteiger partial charge is 0.368 e.